The molecule has 23 heavy (non-hydrogen) atoms. The van der Waals surface area contributed by atoms with Gasteiger partial charge in [0.25, 0.3) is 0 Å². The summed E-state index contributed by atoms with van der Waals surface area (Å²) in [5, 5.41) is 12.3. The van der Waals surface area contributed by atoms with E-state index in [-0.39, 0.29) is 11.2 Å². The van der Waals surface area contributed by atoms with Gasteiger partial charge in [0.05, 0.1) is 10.9 Å². The van der Waals surface area contributed by atoms with Crippen molar-refractivity contribution in [2.24, 2.45) is 5.92 Å². The van der Waals surface area contributed by atoms with Crippen LogP contribution in [0.2, 0.25) is 0 Å². The number of nitrogens with zero attached hydrogens (tertiary/aromatic N) is 5. The van der Waals surface area contributed by atoms with Crippen molar-refractivity contribution >= 4 is 17.7 Å². The van der Waals surface area contributed by atoms with Gasteiger partial charge in [-0.25, -0.2) is 0 Å². The molecule has 0 spiro atoms. The summed E-state index contributed by atoms with van der Waals surface area (Å²) >= 11 is 1.41. The van der Waals surface area contributed by atoms with Crippen molar-refractivity contribution in [3.63, 3.8) is 0 Å². The largest absolute Gasteiger partial charge is 0.342 e. The Hall–Kier alpha value is -1.89. The van der Waals surface area contributed by atoms with Crippen molar-refractivity contribution in [1.82, 2.24) is 25.1 Å². The quantitative estimate of drug-likeness (QED) is 0.805. The molecule has 1 atom stereocenters. The zero-order valence-corrected chi connectivity index (χ0v) is 14.2. The lowest BCUT2D eigenvalue weighted by Gasteiger charge is -2.31. The minimum absolute atomic E-state index is 0.171. The minimum atomic E-state index is -0.197. The first-order valence-corrected chi connectivity index (χ1v) is 8.82. The average molecular weight is 331 g/mol. The van der Waals surface area contributed by atoms with Crippen molar-refractivity contribution in [2.45, 2.75) is 37.1 Å². The predicted octanol–water partition coefficient (Wildman–Crippen LogP) is 2.40. The number of carbonyl (C=O) groups is 1. The number of hydrogen-bond acceptors (Lipinski definition) is 5. The fourth-order valence-corrected chi connectivity index (χ4v) is 3.57. The smallest absolute Gasteiger partial charge is 0.235 e. The van der Waals surface area contributed by atoms with Gasteiger partial charge < -0.3 is 4.90 Å². The lowest BCUT2D eigenvalue weighted by atomic mass is 9.99. The molecule has 0 aliphatic carbocycles. The molecule has 1 fully saturated rings. The fourth-order valence-electron chi connectivity index (χ4n) is 2.68. The molecule has 1 unspecified atom stereocenters. The highest BCUT2D eigenvalue weighted by atomic mass is 32.2. The summed E-state index contributed by atoms with van der Waals surface area (Å²) in [6.07, 6.45) is 2.18. The standard InChI is InChI=1S/C16H21N5OS/c1-12-8-10-20(11-9-12)15(22)13(2)23-16-17-18-19-21(16)14-6-4-3-5-7-14/h3-7,12-13H,8-11H2,1-2H3. The highest BCUT2D eigenvalue weighted by molar-refractivity contribution is 8.00. The van der Waals surface area contributed by atoms with E-state index in [1.807, 2.05) is 42.2 Å². The third kappa shape index (κ3) is 3.72. The second-order valence-corrected chi connectivity index (χ2v) is 7.28. The van der Waals surface area contributed by atoms with Crippen molar-refractivity contribution in [3.05, 3.63) is 30.3 Å². The maximum absolute atomic E-state index is 12.6. The van der Waals surface area contributed by atoms with E-state index < -0.39 is 0 Å². The Morgan fingerprint density at radius 3 is 2.65 bits per heavy atom. The van der Waals surface area contributed by atoms with Crippen LogP contribution in [0.5, 0.6) is 0 Å². The number of benzene rings is 1. The van der Waals surface area contributed by atoms with E-state index in [1.54, 1.807) is 4.68 Å². The summed E-state index contributed by atoms with van der Waals surface area (Å²) < 4.78 is 1.67. The van der Waals surface area contributed by atoms with Crippen LogP contribution in [0.15, 0.2) is 35.5 Å². The number of amides is 1. The molecule has 0 saturated carbocycles. The zero-order chi connectivity index (χ0) is 16.2. The molecule has 7 heteroatoms. The van der Waals surface area contributed by atoms with Crippen LogP contribution < -0.4 is 0 Å². The van der Waals surface area contributed by atoms with Gasteiger partial charge in [0.2, 0.25) is 11.1 Å². The van der Waals surface area contributed by atoms with E-state index in [9.17, 15) is 4.79 Å². The van der Waals surface area contributed by atoms with Crippen molar-refractivity contribution < 1.29 is 4.79 Å². The molecule has 0 bridgehead atoms. The van der Waals surface area contributed by atoms with Crippen LogP contribution in [0.25, 0.3) is 5.69 Å². The Kier molecular flexibility index (Phi) is 4.95. The molecule has 1 aliphatic heterocycles. The molecule has 6 nitrogen and oxygen atoms in total. The summed E-state index contributed by atoms with van der Waals surface area (Å²) in [5.74, 6) is 0.886. The zero-order valence-electron chi connectivity index (χ0n) is 13.4. The Labute approximate surface area is 140 Å². The molecule has 1 aliphatic rings. The van der Waals surface area contributed by atoms with Crippen LogP contribution in [0.3, 0.4) is 0 Å². The molecule has 2 aromatic rings. The van der Waals surface area contributed by atoms with Crippen LogP contribution in [0.1, 0.15) is 26.7 Å². The normalized spacial score (nSPS) is 17.2. The Balaban J connectivity index is 1.68. The first-order chi connectivity index (χ1) is 11.1. The van der Waals surface area contributed by atoms with Gasteiger partial charge in [-0.3, -0.25) is 4.79 Å². The Bertz CT molecular complexity index is 652. The Morgan fingerprint density at radius 2 is 1.96 bits per heavy atom. The van der Waals surface area contributed by atoms with Gasteiger partial charge in [-0.05, 0) is 48.2 Å². The topological polar surface area (TPSA) is 63.9 Å². The number of piperidine rings is 1. The van der Waals surface area contributed by atoms with E-state index in [0.29, 0.717) is 11.1 Å². The number of thioether (sulfide) groups is 1. The lowest BCUT2D eigenvalue weighted by Crippen LogP contribution is -2.41. The molecule has 1 amide bonds. The second-order valence-electron chi connectivity index (χ2n) is 5.98. The van der Waals surface area contributed by atoms with E-state index in [0.717, 1.165) is 31.6 Å². The van der Waals surface area contributed by atoms with Crippen molar-refractivity contribution in [3.8, 4) is 5.69 Å². The van der Waals surface area contributed by atoms with Gasteiger partial charge >= 0.3 is 0 Å². The number of hydrogen-bond donors (Lipinski definition) is 0. The third-order valence-corrected chi connectivity index (χ3v) is 5.19. The van der Waals surface area contributed by atoms with Crippen molar-refractivity contribution in [1.29, 1.82) is 0 Å². The van der Waals surface area contributed by atoms with E-state index >= 15 is 0 Å². The monoisotopic (exact) mass is 331 g/mol. The summed E-state index contributed by atoms with van der Waals surface area (Å²) in [4.78, 5) is 14.6. The molecular weight excluding hydrogens is 310 g/mol. The van der Waals surface area contributed by atoms with Crippen LogP contribution >= 0.6 is 11.8 Å². The SMILES string of the molecule is CC1CCN(C(=O)C(C)Sc2nnnn2-c2ccccc2)CC1. The van der Waals surface area contributed by atoms with Gasteiger partial charge in [0, 0.05) is 13.1 Å². The Morgan fingerprint density at radius 1 is 1.26 bits per heavy atom. The highest BCUT2D eigenvalue weighted by Gasteiger charge is 2.26. The maximum atomic E-state index is 12.6. The maximum Gasteiger partial charge on any atom is 0.235 e. The van der Waals surface area contributed by atoms with Gasteiger partial charge in [-0.15, -0.1) is 5.10 Å². The molecule has 2 heterocycles. The third-order valence-electron chi connectivity index (χ3n) is 4.17. The van der Waals surface area contributed by atoms with Crippen LogP contribution in [0.4, 0.5) is 0 Å². The second kappa shape index (κ2) is 7.12. The number of aromatic nitrogens is 4. The van der Waals surface area contributed by atoms with Gasteiger partial charge in [-0.1, -0.05) is 36.9 Å². The number of carbonyl (C=O) groups excluding carboxylic acids is 1. The molecule has 0 N–H and O–H groups in total. The minimum Gasteiger partial charge on any atom is -0.342 e. The summed E-state index contributed by atoms with van der Waals surface area (Å²) in [6, 6.07) is 9.71. The van der Waals surface area contributed by atoms with Crippen molar-refractivity contribution in [2.75, 3.05) is 13.1 Å². The molecule has 1 aromatic heterocycles. The molecule has 1 aromatic carbocycles. The average Bonchev–Trinajstić information content (AvgIpc) is 3.04. The molecule has 1 saturated heterocycles. The number of para-hydroxylation sites is 1. The van der Waals surface area contributed by atoms with Crippen LogP contribution in [0, 0.1) is 5.92 Å². The summed E-state index contributed by atoms with van der Waals surface area (Å²) in [5.41, 5.74) is 0.895. The predicted molar refractivity (Wildman–Crippen MR) is 89.5 cm³/mol. The number of rotatable bonds is 4. The van der Waals surface area contributed by atoms with Gasteiger partial charge in [-0.2, -0.15) is 4.68 Å². The lowest BCUT2D eigenvalue weighted by molar-refractivity contribution is -0.131. The molecule has 0 radical (unpaired) electrons. The van der Waals surface area contributed by atoms with Crippen LogP contribution in [-0.2, 0) is 4.79 Å². The van der Waals surface area contributed by atoms with E-state index in [4.69, 9.17) is 0 Å². The number of tetrazole rings is 1. The fraction of sp³-hybridized carbons (Fsp3) is 0.500. The van der Waals surface area contributed by atoms with E-state index in [1.165, 1.54) is 11.8 Å². The van der Waals surface area contributed by atoms with Crippen LogP contribution in [-0.4, -0.2) is 49.4 Å². The highest BCUT2D eigenvalue weighted by Crippen LogP contribution is 2.25. The summed E-state index contributed by atoms with van der Waals surface area (Å²) in [7, 11) is 0. The number of likely N-dealkylation sites (tertiary alicyclic amines) is 1. The first kappa shape index (κ1) is 16.0. The van der Waals surface area contributed by atoms with Gasteiger partial charge in [0.1, 0.15) is 0 Å². The molecular formula is C16H21N5OS. The van der Waals surface area contributed by atoms with E-state index in [2.05, 4.69) is 22.4 Å². The molecule has 122 valence electrons. The molecule has 3 rings (SSSR count). The van der Waals surface area contributed by atoms with Gasteiger partial charge in [0.15, 0.2) is 0 Å². The first-order valence-electron chi connectivity index (χ1n) is 7.94. The summed E-state index contributed by atoms with van der Waals surface area (Å²) in [6.45, 7) is 5.88.